The van der Waals surface area contributed by atoms with E-state index in [1.807, 2.05) is 6.92 Å². The van der Waals surface area contributed by atoms with Crippen molar-refractivity contribution in [1.82, 2.24) is 4.90 Å². The van der Waals surface area contributed by atoms with E-state index >= 15 is 0 Å². The Morgan fingerprint density at radius 1 is 1.47 bits per heavy atom. The number of aliphatic hydroxyl groups excluding tert-OH is 1. The van der Waals surface area contributed by atoms with E-state index in [1.165, 1.54) is 18.2 Å². The minimum absolute atomic E-state index is 0.0330. The fourth-order valence-corrected chi connectivity index (χ4v) is 1.69. The molecule has 0 saturated carbocycles. The van der Waals surface area contributed by atoms with E-state index in [0.29, 0.717) is 24.5 Å². The van der Waals surface area contributed by atoms with Crippen LogP contribution in [0, 0.1) is 0 Å². The summed E-state index contributed by atoms with van der Waals surface area (Å²) in [7, 11) is 0. The Hall–Kier alpha value is -1.26. The van der Waals surface area contributed by atoms with Crippen molar-refractivity contribution in [2.45, 2.75) is 13.3 Å². The summed E-state index contributed by atoms with van der Waals surface area (Å²) in [5, 5.41) is 18.8. The summed E-state index contributed by atoms with van der Waals surface area (Å²) in [6, 6.07) is 4.37. The summed E-state index contributed by atoms with van der Waals surface area (Å²) in [6.45, 7) is 2.85. The minimum Gasteiger partial charge on any atom is -0.507 e. The normalized spacial score (nSPS) is 10.3. The van der Waals surface area contributed by atoms with Crippen molar-refractivity contribution in [3.63, 3.8) is 0 Å². The predicted octanol–water partition coefficient (Wildman–Crippen LogP) is 1.89. The summed E-state index contributed by atoms with van der Waals surface area (Å²) in [5.41, 5.74) is 0.192. The highest BCUT2D eigenvalue weighted by Crippen LogP contribution is 2.22. The maximum atomic E-state index is 12.1. The molecule has 0 aromatic heterocycles. The summed E-state index contributed by atoms with van der Waals surface area (Å²) in [5.74, 6) is -0.359. The van der Waals surface area contributed by atoms with Gasteiger partial charge in [-0.25, -0.2) is 0 Å². The molecule has 0 bridgehead atoms. The fraction of sp³-hybridized carbons (Fsp3) is 0.417. The van der Waals surface area contributed by atoms with Gasteiger partial charge in [0.1, 0.15) is 5.75 Å². The average molecular weight is 258 g/mol. The molecule has 0 fully saturated rings. The van der Waals surface area contributed by atoms with Crippen molar-refractivity contribution in [3.8, 4) is 5.75 Å². The van der Waals surface area contributed by atoms with Gasteiger partial charge in [0.25, 0.3) is 5.91 Å². The van der Waals surface area contributed by atoms with Gasteiger partial charge < -0.3 is 15.1 Å². The van der Waals surface area contributed by atoms with E-state index < -0.39 is 0 Å². The highest BCUT2D eigenvalue weighted by atomic mass is 35.5. The molecule has 1 aromatic rings. The van der Waals surface area contributed by atoms with Gasteiger partial charge in [-0.2, -0.15) is 0 Å². The van der Waals surface area contributed by atoms with Crippen LogP contribution in [0.3, 0.4) is 0 Å². The molecule has 17 heavy (non-hydrogen) atoms. The van der Waals surface area contributed by atoms with Gasteiger partial charge in [0.05, 0.1) is 5.56 Å². The van der Waals surface area contributed by atoms with Crippen LogP contribution >= 0.6 is 11.6 Å². The summed E-state index contributed by atoms with van der Waals surface area (Å²) < 4.78 is 0. The summed E-state index contributed by atoms with van der Waals surface area (Å²) in [6.07, 6.45) is 0.515. The Kier molecular flexibility index (Phi) is 5.25. The number of aromatic hydroxyl groups is 1. The number of nitrogens with zero attached hydrogens (tertiary/aromatic N) is 1. The number of phenols is 1. The number of aliphatic hydroxyl groups is 1. The average Bonchev–Trinajstić information content (AvgIpc) is 2.33. The molecule has 0 unspecified atom stereocenters. The Balaban J connectivity index is 2.89. The molecule has 0 atom stereocenters. The molecule has 4 nitrogen and oxygen atoms in total. The van der Waals surface area contributed by atoms with Crippen molar-refractivity contribution in [3.05, 3.63) is 28.8 Å². The first-order valence-corrected chi connectivity index (χ1v) is 5.86. The molecule has 0 heterocycles. The van der Waals surface area contributed by atoms with E-state index in [-0.39, 0.29) is 23.8 Å². The van der Waals surface area contributed by atoms with E-state index in [1.54, 1.807) is 4.90 Å². The molecule has 0 aliphatic carbocycles. The number of carbonyl (C=O) groups is 1. The second-order valence-corrected chi connectivity index (χ2v) is 4.06. The molecule has 0 aliphatic rings. The zero-order chi connectivity index (χ0) is 12.8. The number of amides is 1. The van der Waals surface area contributed by atoms with Crippen molar-refractivity contribution in [2.75, 3.05) is 19.7 Å². The maximum Gasteiger partial charge on any atom is 0.257 e. The summed E-state index contributed by atoms with van der Waals surface area (Å²) >= 11 is 5.79. The third-order valence-corrected chi connectivity index (χ3v) is 2.68. The topological polar surface area (TPSA) is 60.8 Å². The summed E-state index contributed by atoms with van der Waals surface area (Å²) in [4.78, 5) is 13.6. The van der Waals surface area contributed by atoms with Gasteiger partial charge in [-0.15, -0.1) is 0 Å². The van der Waals surface area contributed by atoms with Gasteiger partial charge in [-0.05, 0) is 31.5 Å². The lowest BCUT2D eigenvalue weighted by Crippen LogP contribution is -2.32. The lowest BCUT2D eigenvalue weighted by molar-refractivity contribution is 0.0751. The van der Waals surface area contributed by atoms with Crippen LogP contribution < -0.4 is 0 Å². The first-order valence-electron chi connectivity index (χ1n) is 5.48. The van der Waals surface area contributed by atoms with E-state index in [4.69, 9.17) is 16.7 Å². The Bertz CT molecular complexity index is 395. The van der Waals surface area contributed by atoms with Gasteiger partial charge in [0, 0.05) is 24.7 Å². The van der Waals surface area contributed by atoms with Gasteiger partial charge in [0.2, 0.25) is 0 Å². The second-order valence-electron chi connectivity index (χ2n) is 3.62. The lowest BCUT2D eigenvalue weighted by Gasteiger charge is -2.21. The van der Waals surface area contributed by atoms with E-state index in [9.17, 15) is 9.90 Å². The molecule has 94 valence electrons. The number of rotatable bonds is 5. The molecule has 0 radical (unpaired) electrons. The number of phenolic OH excluding ortho intramolecular Hbond substituents is 1. The van der Waals surface area contributed by atoms with Crippen LogP contribution in [0.5, 0.6) is 5.75 Å². The van der Waals surface area contributed by atoms with E-state index in [0.717, 1.165) is 0 Å². The van der Waals surface area contributed by atoms with Gasteiger partial charge in [-0.1, -0.05) is 11.6 Å². The minimum atomic E-state index is -0.277. The van der Waals surface area contributed by atoms with Crippen molar-refractivity contribution >= 4 is 17.5 Å². The van der Waals surface area contributed by atoms with Crippen LogP contribution in [0.25, 0.3) is 0 Å². The zero-order valence-electron chi connectivity index (χ0n) is 9.69. The third kappa shape index (κ3) is 3.61. The van der Waals surface area contributed by atoms with Crippen LogP contribution in [0.2, 0.25) is 5.02 Å². The van der Waals surface area contributed by atoms with Crippen LogP contribution in [-0.4, -0.2) is 40.7 Å². The van der Waals surface area contributed by atoms with Crippen LogP contribution in [0.4, 0.5) is 0 Å². The second kappa shape index (κ2) is 6.47. The monoisotopic (exact) mass is 257 g/mol. The number of hydrogen-bond donors (Lipinski definition) is 2. The molecular weight excluding hydrogens is 242 g/mol. The quantitative estimate of drug-likeness (QED) is 0.847. The first-order chi connectivity index (χ1) is 8.10. The van der Waals surface area contributed by atoms with Crippen LogP contribution in [0.15, 0.2) is 18.2 Å². The largest absolute Gasteiger partial charge is 0.507 e. The number of benzene rings is 1. The SMILES string of the molecule is CCN(CCCO)C(=O)c1cc(Cl)ccc1O. The molecule has 2 N–H and O–H groups in total. The predicted molar refractivity (Wildman–Crippen MR) is 66.4 cm³/mol. The Morgan fingerprint density at radius 3 is 2.76 bits per heavy atom. The van der Waals surface area contributed by atoms with Crippen molar-refractivity contribution < 1.29 is 15.0 Å². The number of hydrogen-bond acceptors (Lipinski definition) is 3. The number of carbonyl (C=O) groups excluding carboxylic acids is 1. The highest BCUT2D eigenvalue weighted by Gasteiger charge is 2.17. The van der Waals surface area contributed by atoms with Crippen molar-refractivity contribution in [2.24, 2.45) is 0 Å². The highest BCUT2D eigenvalue weighted by molar-refractivity contribution is 6.31. The van der Waals surface area contributed by atoms with E-state index in [2.05, 4.69) is 0 Å². The standard InChI is InChI=1S/C12H16ClNO3/c1-2-14(6-3-7-15)12(17)10-8-9(13)4-5-11(10)16/h4-5,8,15-16H,2-3,6-7H2,1H3. The molecule has 1 rings (SSSR count). The Labute approximate surface area is 105 Å². The Morgan fingerprint density at radius 2 is 2.18 bits per heavy atom. The smallest absolute Gasteiger partial charge is 0.257 e. The third-order valence-electron chi connectivity index (χ3n) is 2.44. The first kappa shape index (κ1) is 13.8. The number of halogens is 1. The fourth-order valence-electron chi connectivity index (χ4n) is 1.51. The molecule has 1 aromatic carbocycles. The molecule has 1 amide bonds. The van der Waals surface area contributed by atoms with Gasteiger partial charge in [-0.3, -0.25) is 4.79 Å². The lowest BCUT2D eigenvalue weighted by atomic mass is 10.1. The molecule has 5 heteroatoms. The zero-order valence-corrected chi connectivity index (χ0v) is 10.4. The van der Waals surface area contributed by atoms with Crippen LogP contribution in [0.1, 0.15) is 23.7 Å². The molecule has 0 aliphatic heterocycles. The maximum absolute atomic E-state index is 12.1. The molecule has 0 spiro atoms. The molecular formula is C12H16ClNO3. The molecule has 0 saturated heterocycles. The van der Waals surface area contributed by atoms with Gasteiger partial charge in [0.15, 0.2) is 0 Å². The van der Waals surface area contributed by atoms with Crippen molar-refractivity contribution in [1.29, 1.82) is 0 Å². The van der Waals surface area contributed by atoms with Crippen LogP contribution in [-0.2, 0) is 0 Å². The van der Waals surface area contributed by atoms with Gasteiger partial charge >= 0.3 is 0 Å².